The second-order valence-corrected chi connectivity index (χ2v) is 6.00. The summed E-state index contributed by atoms with van der Waals surface area (Å²) in [5.74, 6) is 0.647. The first-order chi connectivity index (χ1) is 11.7. The van der Waals surface area contributed by atoms with Crippen LogP contribution in [0.25, 0.3) is 0 Å². The smallest absolute Gasteiger partial charge is 0.233 e. The van der Waals surface area contributed by atoms with Gasteiger partial charge in [0.05, 0.1) is 0 Å². The molecule has 6 heteroatoms. The van der Waals surface area contributed by atoms with Gasteiger partial charge in [-0.25, -0.2) is 0 Å². The van der Waals surface area contributed by atoms with Gasteiger partial charge >= 0.3 is 0 Å². The molecule has 128 valence electrons. The van der Waals surface area contributed by atoms with Gasteiger partial charge in [-0.3, -0.25) is 9.59 Å². The van der Waals surface area contributed by atoms with Gasteiger partial charge in [-0.05, 0) is 44.2 Å². The lowest BCUT2D eigenvalue weighted by atomic mass is 9.97. The molecule has 0 saturated heterocycles. The molecular formula is C18H22N2O4. The Morgan fingerprint density at radius 2 is 1.96 bits per heavy atom. The first-order valence-electron chi connectivity index (χ1n) is 8.35. The standard InChI is InChI=1S/C18H22N2O4/c21-17(19-9-8-13-4-2-1-3-5-13)11-18(22)20-14-6-7-15-16(10-14)24-12-23-15/h4,6-7,10H,1-3,5,8-9,11-12H2,(H,19,21)(H,20,22). The molecule has 1 heterocycles. The molecule has 0 bridgehead atoms. The highest BCUT2D eigenvalue weighted by molar-refractivity contribution is 6.03. The average molecular weight is 330 g/mol. The van der Waals surface area contributed by atoms with Crippen molar-refractivity contribution in [3.63, 3.8) is 0 Å². The Morgan fingerprint density at radius 1 is 1.08 bits per heavy atom. The summed E-state index contributed by atoms with van der Waals surface area (Å²) in [6, 6.07) is 5.14. The Morgan fingerprint density at radius 3 is 2.79 bits per heavy atom. The SMILES string of the molecule is O=C(CC(=O)Nc1ccc2c(c1)OCO2)NCCC1=CCCCC1. The first-order valence-corrected chi connectivity index (χ1v) is 8.35. The van der Waals surface area contributed by atoms with Gasteiger partial charge < -0.3 is 20.1 Å². The van der Waals surface area contributed by atoms with E-state index in [-0.39, 0.29) is 25.0 Å². The third-order valence-electron chi connectivity index (χ3n) is 4.13. The van der Waals surface area contributed by atoms with Crippen molar-refractivity contribution in [3.05, 3.63) is 29.8 Å². The van der Waals surface area contributed by atoms with Crippen molar-refractivity contribution >= 4 is 17.5 Å². The Bertz CT molecular complexity index is 654. The molecule has 1 aliphatic heterocycles. The molecule has 6 nitrogen and oxygen atoms in total. The monoisotopic (exact) mass is 330 g/mol. The predicted octanol–water partition coefficient (Wildman–Crippen LogP) is 2.75. The fourth-order valence-electron chi connectivity index (χ4n) is 2.88. The van der Waals surface area contributed by atoms with Gasteiger partial charge in [-0.2, -0.15) is 0 Å². The van der Waals surface area contributed by atoms with E-state index < -0.39 is 0 Å². The molecule has 2 N–H and O–H groups in total. The van der Waals surface area contributed by atoms with Gasteiger partial charge in [0.1, 0.15) is 6.42 Å². The van der Waals surface area contributed by atoms with E-state index in [0.717, 1.165) is 19.3 Å². The zero-order valence-corrected chi connectivity index (χ0v) is 13.6. The highest BCUT2D eigenvalue weighted by atomic mass is 16.7. The van der Waals surface area contributed by atoms with E-state index in [4.69, 9.17) is 9.47 Å². The molecule has 0 radical (unpaired) electrons. The van der Waals surface area contributed by atoms with Crippen LogP contribution < -0.4 is 20.1 Å². The van der Waals surface area contributed by atoms with Crippen molar-refractivity contribution < 1.29 is 19.1 Å². The van der Waals surface area contributed by atoms with E-state index in [2.05, 4.69) is 16.7 Å². The molecule has 2 aliphatic rings. The minimum absolute atomic E-state index is 0.186. The number of hydrogen-bond donors (Lipinski definition) is 2. The number of rotatable bonds is 6. The highest BCUT2D eigenvalue weighted by Crippen LogP contribution is 2.34. The Kier molecular flexibility index (Phi) is 5.36. The molecule has 0 unspecified atom stereocenters. The molecule has 1 aliphatic carbocycles. The van der Waals surface area contributed by atoms with Crippen LogP contribution in [0.2, 0.25) is 0 Å². The largest absolute Gasteiger partial charge is 0.454 e. The summed E-state index contributed by atoms with van der Waals surface area (Å²) in [6.07, 6.45) is 7.71. The highest BCUT2D eigenvalue weighted by Gasteiger charge is 2.15. The molecule has 0 aromatic heterocycles. The van der Waals surface area contributed by atoms with Gasteiger partial charge in [0.25, 0.3) is 0 Å². The Labute approximate surface area is 141 Å². The fourth-order valence-corrected chi connectivity index (χ4v) is 2.88. The third kappa shape index (κ3) is 4.50. The van der Waals surface area contributed by atoms with Crippen molar-refractivity contribution in [1.82, 2.24) is 5.32 Å². The lowest BCUT2D eigenvalue weighted by Crippen LogP contribution is -2.29. The molecule has 0 spiro atoms. The number of allylic oxidation sites excluding steroid dienone is 1. The lowest BCUT2D eigenvalue weighted by Gasteiger charge is -2.13. The van der Waals surface area contributed by atoms with Crippen LogP contribution in [0.3, 0.4) is 0 Å². The maximum atomic E-state index is 11.9. The first kappa shape index (κ1) is 16.4. The fraction of sp³-hybridized carbons (Fsp3) is 0.444. The van der Waals surface area contributed by atoms with Crippen molar-refractivity contribution in [2.24, 2.45) is 0 Å². The van der Waals surface area contributed by atoms with E-state index >= 15 is 0 Å². The summed E-state index contributed by atoms with van der Waals surface area (Å²) < 4.78 is 10.5. The van der Waals surface area contributed by atoms with Crippen LogP contribution in [0.1, 0.15) is 38.5 Å². The van der Waals surface area contributed by atoms with Crippen molar-refractivity contribution in [2.45, 2.75) is 38.5 Å². The number of fused-ring (bicyclic) bond motifs is 1. The summed E-state index contributed by atoms with van der Waals surface area (Å²) >= 11 is 0. The van der Waals surface area contributed by atoms with Crippen molar-refractivity contribution in [2.75, 3.05) is 18.7 Å². The molecule has 2 amide bonds. The summed E-state index contributed by atoms with van der Waals surface area (Å²) in [4.78, 5) is 23.8. The zero-order valence-electron chi connectivity index (χ0n) is 13.6. The predicted molar refractivity (Wildman–Crippen MR) is 90.0 cm³/mol. The van der Waals surface area contributed by atoms with E-state index in [1.807, 2.05) is 0 Å². The van der Waals surface area contributed by atoms with Crippen molar-refractivity contribution in [3.8, 4) is 11.5 Å². The molecule has 3 rings (SSSR count). The third-order valence-corrected chi connectivity index (χ3v) is 4.13. The Balaban J connectivity index is 1.39. The topological polar surface area (TPSA) is 76.7 Å². The maximum Gasteiger partial charge on any atom is 0.233 e. The lowest BCUT2D eigenvalue weighted by molar-refractivity contribution is -0.126. The number of benzene rings is 1. The minimum atomic E-state index is -0.344. The molecule has 1 aromatic rings. The summed E-state index contributed by atoms with van der Waals surface area (Å²) in [5, 5.41) is 5.50. The average Bonchev–Trinajstić information content (AvgIpc) is 3.03. The van der Waals surface area contributed by atoms with Gasteiger partial charge in [-0.15, -0.1) is 0 Å². The van der Waals surface area contributed by atoms with Crippen LogP contribution in [0.5, 0.6) is 11.5 Å². The van der Waals surface area contributed by atoms with E-state index in [1.54, 1.807) is 18.2 Å². The summed E-state index contributed by atoms with van der Waals surface area (Å²) in [7, 11) is 0. The Hall–Kier alpha value is -2.50. The number of hydrogen-bond acceptors (Lipinski definition) is 4. The van der Waals surface area contributed by atoms with Crippen LogP contribution in [0.15, 0.2) is 29.8 Å². The molecule has 0 saturated carbocycles. The number of carbonyl (C=O) groups is 2. The van der Waals surface area contributed by atoms with Crippen LogP contribution in [0, 0.1) is 0 Å². The number of anilines is 1. The summed E-state index contributed by atoms with van der Waals surface area (Å²) in [6.45, 7) is 0.771. The van der Waals surface area contributed by atoms with E-state index in [1.165, 1.54) is 18.4 Å². The minimum Gasteiger partial charge on any atom is -0.454 e. The van der Waals surface area contributed by atoms with Gasteiger partial charge in [0.15, 0.2) is 11.5 Å². The van der Waals surface area contributed by atoms with Crippen LogP contribution in [-0.2, 0) is 9.59 Å². The zero-order chi connectivity index (χ0) is 16.8. The van der Waals surface area contributed by atoms with Gasteiger partial charge in [-0.1, -0.05) is 11.6 Å². The number of amides is 2. The molecule has 0 atom stereocenters. The van der Waals surface area contributed by atoms with Crippen LogP contribution >= 0.6 is 0 Å². The second kappa shape index (κ2) is 7.86. The molecule has 24 heavy (non-hydrogen) atoms. The van der Waals surface area contributed by atoms with E-state index in [9.17, 15) is 9.59 Å². The second-order valence-electron chi connectivity index (χ2n) is 6.00. The number of nitrogens with one attached hydrogen (secondary N) is 2. The number of carbonyl (C=O) groups excluding carboxylic acids is 2. The summed E-state index contributed by atoms with van der Waals surface area (Å²) in [5.41, 5.74) is 2.00. The van der Waals surface area contributed by atoms with Gasteiger partial charge in [0.2, 0.25) is 18.6 Å². The molecular weight excluding hydrogens is 308 g/mol. The number of ether oxygens (including phenoxy) is 2. The van der Waals surface area contributed by atoms with E-state index in [0.29, 0.717) is 23.7 Å². The van der Waals surface area contributed by atoms with Crippen LogP contribution in [0.4, 0.5) is 5.69 Å². The van der Waals surface area contributed by atoms with Crippen LogP contribution in [-0.4, -0.2) is 25.2 Å². The normalized spacial score (nSPS) is 15.6. The quantitative estimate of drug-likeness (QED) is 0.621. The maximum absolute atomic E-state index is 11.9. The molecule has 0 fully saturated rings. The molecule has 1 aromatic carbocycles. The van der Waals surface area contributed by atoms with Crippen molar-refractivity contribution in [1.29, 1.82) is 0 Å². The van der Waals surface area contributed by atoms with Gasteiger partial charge in [0, 0.05) is 18.3 Å².